The van der Waals surface area contributed by atoms with Gasteiger partial charge in [0, 0.05) is 40.8 Å². The molecule has 1 aromatic carbocycles. The van der Waals surface area contributed by atoms with E-state index in [1.165, 1.54) is 23.5 Å². The predicted octanol–water partition coefficient (Wildman–Crippen LogP) is 3.34. The number of rotatable bonds is 4. The minimum absolute atomic E-state index is 0.113. The monoisotopic (exact) mass is 381 g/mol. The molecule has 0 aliphatic carbocycles. The quantitative estimate of drug-likeness (QED) is 0.753. The summed E-state index contributed by atoms with van der Waals surface area (Å²) in [5, 5.41) is 5.45. The first-order valence-electron chi connectivity index (χ1n) is 7.16. The average molecular weight is 382 g/mol. The third-order valence-corrected chi connectivity index (χ3v) is 4.88. The summed E-state index contributed by atoms with van der Waals surface area (Å²) >= 11 is 13.3. The molecule has 0 atom stereocenters. The second-order valence-electron chi connectivity index (χ2n) is 5.21. The lowest BCUT2D eigenvalue weighted by molar-refractivity contribution is 0.0954. The minimum atomic E-state index is -0.302. The van der Waals surface area contributed by atoms with E-state index in [0.717, 1.165) is 5.69 Å². The summed E-state index contributed by atoms with van der Waals surface area (Å²) in [6, 6.07) is 6.22. The van der Waals surface area contributed by atoms with Gasteiger partial charge in [0.2, 0.25) is 0 Å². The van der Waals surface area contributed by atoms with Crippen molar-refractivity contribution in [3.05, 3.63) is 67.0 Å². The van der Waals surface area contributed by atoms with Crippen LogP contribution in [0.1, 0.15) is 21.7 Å². The average Bonchev–Trinajstić information content (AvgIpc) is 2.92. The van der Waals surface area contributed by atoms with Gasteiger partial charge < -0.3 is 5.32 Å². The van der Waals surface area contributed by atoms with Gasteiger partial charge in [-0.1, -0.05) is 23.2 Å². The molecule has 0 fully saturated rings. The Hall–Kier alpha value is -1.89. The van der Waals surface area contributed by atoms with Crippen LogP contribution in [-0.2, 0) is 6.42 Å². The number of amides is 1. The van der Waals surface area contributed by atoms with Crippen molar-refractivity contribution >= 4 is 45.4 Å². The molecule has 0 saturated heterocycles. The smallest absolute Gasteiger partial charge is 0.258 e. The van der Waals surface area contributed by atoms with Crippen LogP contribution < -0.4 is 10.9 Å². The number of halogens is 2. The molecule has 8 heteroatoms. The fourth-order valence-electron chi connectivity index (χ4n) is 2.33. The molecule has 2 aromatic heterocycles. The molecule has 0 bridgehead atoms. The first-order chi connectivity index (χ1) is 11.5. The third kappa shape index (κ3) is 3.45. The zero-order chi connectivity index (χ0) is 17.3. The predicted molar refractivity (Wildman–Crippen MR) is 96.6 cm³/mol. The number of aromatic nitrogens is 2. The Labute approximate surface area is 151 Å². The maximum Gasteiger partial charge on any atom is 0.258 e. The number of fused-ring (bicyclic) bond motifs is 1. The number of nitrogens with zero attached hydrogens (tertiary/aromatic N) is 2. The van der Waals surface area contributed by atoms with Gasteiger partial charge >= 0.3 is 0 Å². The van der Waals surface area contributed by atoms with E-state index in [4.69, 9.17) is 23.2 Å². The van der Waals surface area contributed by atoms with E-state index in [9.17, 15) is 9.59 Å². The lowest BCUT2D eigenvalue weighted by atomic mass is 10.2. The Balaban J connectivity index is 1.72. The third-order valence-electron chi connectivity index (χ3n) is 3.44. The molecule has 0 spiro atoms. The molecule has 124 valence electrons. The van der Waals surface area contributed by atoms with Crippen molar-refractivity contribution in [3.8, 4) is 0 Å². The Morgan fingerprint density at radius 2 is 2.12 bits per heavy atom. The van der Waals surface area contributed by atoms with E-state index in [-0.39, 0.29) is 11.5 Å². The number of carbonyl (C=O) groups is 1. The number of hydrogen-bond acceptors (Lipinski definition) is 4. The van der Waals surface area contributed by atoms with Crippen LogP contribution in [0.4, 0.5) is 0 Å². The van der Waals surface area contributed by atoms with Crippen LogP contribution in [0, 0.1) is 6.92 Å². The van der Waals surface area contributed by atoms with Gasteiger partial charge in [0.1, 0.15) is 0 Å². The van der Waals surface area contributed by atoms with Gasteiger partial charge in [-0.15, -0.1) is 11.3 Å². The fourth-order valence-corrected chi connectivity index (χ4v) is 3.68. The van der Waals surface area contributed by atoms with Gasteiger partial charge in [-0.2, -0.15) is 0 Å². The highest BCUT2D eigenvalue weighted by atomic mass is 35.5. The number of hydrogen-bond donors (Lipinski definition) is 1. The van der Waals surface area contributed by atoms with Crippen LogP contribution >= 0.6 is 34.5 Å². The summed E-state index contributed by atoms with van der Waals surface area (Å²) in [4.78, 5) is 29.3. The molecule has 3 rings (SSSR count). The molecule has 2 heterocycles. The lowest BCUT2D eigenvalue weighted by Gasteiger charge is -2.07. The maximum absolute atomic E-state index is 12.2. The zero-order valence-corrected chi connectivity index (χ0v) is 15.0. The molecule has 1 amide bonds. The second-order valence-corrected chi connectivity index (χ2v) is 6.89. The molecular weight excluding hydrogens is 369 g/mol. The van der Waals surface area contributed by atoms with Crippen molar-refractivity contribution < 1.29 is 4.79 Å². The van der Waals surface area contributed by atoms with Gasteiger partial charge in [-0.25, -0.2) is 4.98 Å². The number of nitrogens with one attached hydrogen (secondary N) is 1. The molecular formula is C16H13Cl2N3O2S. The summed E-state index contributed by atoms with van der Waals surface area (Å²) in [6.07, 6.45) is 0.509. The molecule has 0 aliphatic heterocycles. The lowest BCUT2D eigenvalue weighted by Crippen LogP contribution is -2.27. The highest BCUT2D eigenvalue weighted by Gasteiger charge is 2.12. The maximum atomic E-state index is 12.2. The first-order valence-corrected chi connectivity index (χ1v) is 8.79. The van der Waals surface area contributed by atoms with Crippen LogP contribution in [0.25, 0.3) is 4.96 Å². The Morgan fingerprint density at radius 3 is 2.92 bits per heavy atom. The van der Waals surface area contributed by atoms with Crippen LogP contribution in [0.5, 0.6) is 0 Å². The minimum Gasteiger partial charge on any atom is -0.352 e. The first kappa shape index (κ1) is 17.0. The number of carbonyl (C=O) groups excluding carboxylic acids is 1. The van der Waals surface area contributed by atoms with Crippen LogP contribution in [0.15, 0.2) is 34.4 Å². The largest absolute Gasteiger partial charge is 0.352 e. The van der Waals surface area contributed by atoms with Gasteiger partial charge in [0.05, 0.1) is 10.6 Å². The van der Waals surface area contributed by atoms with Gasteiger partial charge in [0.25, 0.3) is 11.5 Å². The Bertz CT molecular complexity index is 981. The van der Waals surface area contributed by atoms with E-state index >= 15 is 0 Å². The van der Waals surface area contributed by atoms with Crippen LogP contribution in [-0.4, -0.2) is 21.8 Å². The van der Waals surface area contributed by atoms with Gasteiger partial charge in [-0.05, 0) is 25.1 Å². The van der Waals surface area contributed by atoms with E-state index in [1.54, 1.807) is 23.5 Å². The van der Waals surface area contributed by atoms with Crippen molar-refractivity contribution in [1.29, 1.82) is 0 Å². The summed E-state index contributed by atoms with van der Waals surface area (Å²) in [7, 11) is 0. The molecule has 0 unspecified atom stereocenters. The molecule has 0 radical (unpaired) electrons. The van der Waals surface area contributed by atoms with Crippen molar-refractivity contribution in [3.63, 3.8) is 0 Å². The molecule has 1 N–H and O–H groups in total. The van der Waals surface area contributed by atoms with E-state index in [1.807, 2.05) is 5.38 Å². The summed E-state index contributed by atoms with van der Waals surface area (Å²) in [5.41, 5.74) is 1.72. The molecule has 0 saturated carbocycles. The summed E-state index contributed by atoms with van der Waals surface area (Å²) in [5.74, 6) is -0.302. The normalized spacial score (nSPS) is 11.0. The highest BCUT2D eigenvalue weighted by molar-refractivity contribution is 7.15. The SMILES string of the molecule is Cc1cc(=O)n2c(CCNC(=O)c3cc(Cl)ccc3Cl)csc2n1. The van der Waals surface area contributed by atoms with Gasteiger partial charge in [0.15, 0.2) is 4.96 Å². The number of benzene rings is 1. The van der Waals surface area contributed by atoms with E-state index in [2.05, 4.69) is 10.3 Å². The molecule has 5 nitrogen and oxygen atoms in total. The van der Waals surface area contributed by atoms with Crippen molar-refractivity contribution in [2.45, 2.75) is 13.3 Å². The fraction of sp³-hybridized carbons (Fsp3) is 0.188. The van der Waals surface area contributed by atoms with Crippen LogP contribution in [0.3, 0.4) is 0 Å². The standard InChI is InChI=1S/C16H13Cl2N3O2S/c1-9-6-14(22)21-11(8-24-16(21)20-9)4-5-19-15(23)12-7-10(17)2-3-13(12)18/h2-3,6-8H,4-5H2,1H3,(H,19,23). The molecule has 0 aliphatic rings. The summed E-state index contributed by atoms with van der Waals surface area (Å²) < 4.78 is 1.57. The highest BCUT2D eigenvalue weighted by Crippen LogP contribution is 2.20. The topological polar surface area (TPSA) is 63.5 Å². The van der Waals surface area contributed by atoms with E-state index < -0.39 is 0 Å². The van der Waals surface area contributed by atoms with Gasteiger partial charge in [-0.3, -0.25) is 14.0 Å². The summed E-state index contributed by atoms with van der Waals surface area (Å²) in [6.45, 7) is 2.16. The molecule has 3 aromatic rings. The zero-order valence-electron chi connectivity index (χ0n) is 12.7. The number of thiazole rings is 1. The Kier molecular flexibility index (Phi) is 4.89. The van der Waals surface area contributed by atoms with Crippen molar-refractivity contribution in [2.75, 3.05) is 6.54 Å². The van der Waals surface area contributed by atoms with Crippen LogP contribution in [0.2, 0.25) is 10.0 Å². The molecule has 24 heavy (non-hydrogen) atoms. The number of aryl methyl sites for hydroxylation is 1. The van der Waals surface area contributed by atoms with E-state index in [0.29, 0.717) is 39.2 Å². The van der Waals surface area contributed by atoms with Crippen molar-refractivity contribution in [2.24, 2.45) is 0 Å². The van der Waals surface area contributed by atoms with Crippen molar-refractivity contribution in [1.82, 2.24) is 14.7 Å². The Morgan fingerprint density at radius 1 is 1.33 bits per heavy atom. The second kappa shape index (κ2) is 6.93.